The number of carbonyl (C=O) groups excluding carboxylic acids is 2. The highest BCUT2D eigenvalue weighted by molar-refractivity contribution is 6.09. The summed E-state index contributed by atoms with van der Waals surface area (Å²) < 4.78 is 8.51. The van der Waals surface area contributed by atoms with Gasteiger partial charge in [0.2, 0.25) is 0 Å². The second kappa shape index (κ2) is 11.7. The molecule has 1 aliphatic heterocycles. The zero-order valence-electron chi connectivity index (χ0n) is 22.6. The summed E-state index contributed by atoms with van der Waals surface area (Å²) in [6.45, 7) is 7.83. The molecule has 0 aliphatic carbocycles. The normalized spacial score (nSPS) is 15.6. The van der Waals surface area contributed by atoms with E-state index in [9.17, 15) is 9.59 Å². The van der Waals surface area contributed by atoms with Gasteiger partial charge in [-0.05, 0) is 50.9 Å². The van der Waals surface area contributed by atoms with Crippen LogP contribution in [0.4, 0.5) is 5.69 Å². The van der Waals surface area contributed by atoms with E-state index in [0.717, 1.165) is 24.2 Å². The Kier molecular flexibility index (Phi) is 7.99. The highest BCUT2D eigenvalue weighted by Gasteiger charge is 2.20. The fourth-order valence-electron chi connectivity index (χ4n) is 4.84. The summed E-state index contributed by atoms with van der Waals surface area (Å²) >= 11 is 0. The number of aromatic nitrogens is 5. The Bertz CT molecular complexity index is 1480. The quantitative estimate of drug-likeness (QED) is 0.324. The van der Waals surface area contributed by atoms with Crippen LogP contribution in [0.15, 0.2) is 49.2 Å². The van der Waals surface area contributed by atoms with Crippen molar-refractivity contribution in [3.8, 4) is 11.3 Å². The predicted octanol–water partition coefficient (Wildman–Crippen LogP) is 3.01. The molecule has 2 amide bonds. The van der Waals surface area contributed by atoms with Crippen LogP contribution in [0.25, 0.3) is 16.8 Å². The van der Waals surface area contributed by atoms with Gasteiger partial charge in [-0.25, -0.2) is 4.52 Å². The molecule has 0 radical (unpaired) electrons. The van der Waals surface area contributed by atoms with Gasteiger partial charge < -0.3 is 15.4 Å². The molecule has 1 fully saturated rings. The van der Waals surface area contributed by atoms with Crippen LogP contribution in [0.2, 0.25) is 0 Å². The molecule has 11 nitrogen and oxygen atoms in total. The number of nitrogens with zero attached hydrogens (tertiary/aromatic N) is 6. The Hall–Kier alpha value is -4.09. The standard InChI is InChI=1S/C28H34N8O3/c1-19-6-7-21(27(37)29-8-10-34-9-4-5-20(34)2)13-24(19)33-28(38)23-15-32-36-18-25(30-16-26(23)36)22-14-31-35(17-22)11-12-39-3/h6-7,13-18,20H,4-5,8-12H2,1-3H3,(H,29,37)(H,33,38)/t20-/m0/s1. The lowest BCUT2D eigenvalue weighted by Crippen LogP contribution is -2.36. The highest BCUT2D eigenvalue weighted by Crippen LogP contribution is 2.22. The number of nitrogens with one attached hydrogen (secondary N) is 2. The summed E-state index contributed by atoms with van der Waals surface area (Å²) in [4.78, 5) is 32.9. The summed E-state index contributed by atoms with van der Waals surface area (Å²) in [6, 6.07) is 5.89. The summed E-state index contributed by atoms with van der Waals surface area (Å²) in [5.74, 6) is -0.480. The number of benzene rings is 1. The number of likely N-dealkylation sites (tertiary alicyclic amines) is 1. The summed E-state index contributed by atoms with van der Waals surface area (Å²) in [7, 11) is 1.65. The van der Waals surface area contributed by atoms with Gasteiger partial charge in [-0.2, -0.15) is 10.2 Å². The minimum Gasteiger partial charge on any atom is -0.383 e. The number of methoxy groups -OCH3 is 1. The van der Waals surface area contributed by atoms with E-state index < -0.39 is 0 Å². The van der Waals surface area contributed by atoms with Gasteiger partial charge >= 0.3 is 0 Å². The van der Waals surface area contributed by atoms with Gasteiger partial charge in [0.25, 0.3) is 11.8 Å². The van der Waals surface area contributed by atoms with Gasteiger partial charge in [-0.15, -0.1) is 0 Å². The maximum Gasteiger partial charge on any atom is 0.259 e. The van der Waals surface area contributed by atoms with Crippen LogP contribution in [0, 0.1) is 6.92 Å². The van der Waals surface area contributed by atoms with Gasteiger partial charge in [-0.1, -0.05) is 6.07 Å². The molecule has 2 N–H and O–H groups in total. The molecule has 39 heavy (non-hydrogen) atoms. The van der Waals surface area contributed by atoms with E-state index in [4.69, 9.17) is 4.74 Å². The topological polar surface area (TPSA) is 119 Å². The third-order valence-corrected chi connectivity index (χ3v) is 7.23. The number of hydrogen-bond donors (Lipinski definition) is 2. The highest BCUT2D eigenvalue weighted by atomic mass is 16.5. The number of aryl methyl sites for hydroxylation is 1. The van der Waals surface area contributed by atoms with Crippen molar-refractivity contribution in [2.75, 3.05) is 38.7 Å². The molecule has 1 saturated heterocycles. The van der Waals surface area contributed by atoms with E-state index in [1.54, 1.807) is 47.0 Å². The monoisotopic (exact) mass is 530 g/mol. The molecule has 0 unspecified atom stereocenters. The maximum atomic E-state index is 13.2. The number of carbonyl (C=O) groups is 2. The third-order valence-electron chi connectivity index (χ3n) is 7.23. The van der Waals surface area contributed by atoms with Gasteiger partial charge in [-0.3, -0.25) is 24.2 Å². The van der Waals surface area contributed by atoms with Crippen LogP contribution >= 0.6 is 0 Å². The Balaban J connectivity index is 1.25. The van der Waals surface area contributed by atoms with Gasteiger partial charge in [0, 0.05) is 49.3 Å². The number of amides is 2. The number of ether oxygens (including phenoxy) is 1. The molecule has 0 saturated carbocycles. The second-order valence-electron chi connectivity index (χ2n) is 9.91. The van der Waals surface area contributed by atoms with E-state index in [-0.39, 0.29) is 11.8 Å². The number of fused-ring (bicyclic) bond motifs is 1. The van der Waals surface area contributed by atoms with Crippen LogP contribution in [-0.2, 0) is 11.3 Å². The Morgan fingerprint density at radius 2 is 1.97 bits per heavy atom. The van der Waals surface area contributed by atoms with Gasteiger partial charge in [0.15, 0.2) is 0 Å². The van der Waals surface area contributed by atoms with E-state index in [0.29, 0.717) is 53.8 Å². The summed E-state index contributed by atoms with van der Waals surface area (Å²) in [5, 5.41) is 14.6. The van der Waals surface area contributed by atoms with Crippen molar-refractivity contribution < 1.29 is 14.3 Å². The molecule has 5 rings (SSSR count). The first-order valence-electron chi connectivity index (χ1n) is 13.2. The van der Waals surface area contributed by atoms with E-state index in [2.05, 4.69) is 37.6 Å². The zero-order chi connectivity index (χ0) is 27.4. The predicted molar refractivity (Wildman–Crippen MR) is 148 cm³/mol. The van der Waals surface area contributed by atoms with E-state index in [1.165, 1.54) is 19.0 Å². The Labute approximate surface area is 227 Å². The molecule has 11 heteroatoms. The minimum atomic E-state index is -0.324. The first-order chi connectivity index (χ1) is 18.9. The van der Waals surface area contributed by atoms with Crippen LogP contribution in [-0.4, -0.2) is 80.5 Å². The molecule has 1 aromatic carbocycles. The molecular formula is C28H34N8O3. The van der Waals surface area contributed by atoms with Crippen LogP contribution in [0.3, 0.4) is 0 Å². The molecule has 0 spiro atoms. The first-order valence-corrected chi connectivity index (χ1v) is 13.2. The van der Waals surface area contributed by atoms with Gasteiger partial charge in [0.1, 0.15) is 0 Å². The van der Waals surface area contributed by atoms with Crippen molar-refractivity contribution in [1.82, 2.24) is 34.6 Å². The molecule has 204 valence electrons. The molecule has 1 atom stereocenters. The maximum absolute atomic E-state index is 13.2. The number of hydrogen-bond acceptors (Lipinski definition) is 7. The largest absolute Gasteiger partial charge is 0.383 e. The van der Waals surface area contributed by atoms with Gasteiger partial charge in [0.05, 0.1) is 54.7 Å². The lowest BCUT2D eigenvalue weighted by molar-refractivity contribution is 0.0946. The molecule has 4 aromatic rings. The Morgan fingerprint density at radius 1 is 1.10 bits per heavy atom. The minimum absolute atomic E-state index is 0.157. The van der Waals surface area contributed by atoms with Crippen molar-refractivity contribution in [2.45, 2.75) is 39.3 Å². The summed E-state index contributed by atoms with van der Waals surface area (Å²) in [5.41, 5.74) is 4.43. The fraction of sp³-hybridized carbons (Fsp3) is 0.393. The average Bonchev–Trinajstić information content (AvgIpc) is 3.68. The zero-order valence-corrected chi connectivity index (χ0v) is 22.6. The van der Waals surface area contributed by atoms with Crippen molar-refractivity contribution in [1.29, 1.82) is 0 Å². The lowest BCUT2D eigenvalue weighted by atomic mass is 10.1. The van der Waals surface area contributed by atoms with Crippen molar-refractivity contribution in [3.05, 3.63) is 65.9 Å². The van der Waals surface area contributed by atoms with Crippen LogP contribution < -0.4 is 10.6 Å². The van der Waals surface area contributed by atoms with E-state index >= 15 is 0 Å². The SMILES string of the molecule is COCCn1cc(-c2cn3ncc(C(=O)Nc4cc(C(=O)NCCN5CCC[C@@H]5C)ccc4C)c3cn2)cn1. The fourth-order valence-corrected chi connectivity index (χ4v) is 4.84. The molecular weight excluding hydrogens is 496 g/mol. The average molecular weight is 531 g/mol. The van der Waals surface area contributed by atoms with E-state index in [1.807, 2.05) is 19.2 Å². The third kappa shape index (κ3) is 5.99. The smallest absolute Gasteiger partial charge is 0.259 e. The number of anilines is 1. The first kappa shape index (κ1) is 26.5. The number of rotatable bonds is 10. The molecule has 3 aromatic heterocycles. The summed E-state index contributed by atoms with van der Waals surface area (Å²) in [6.07, 6.45) is 11.0. The van der Waals surface area contributed by atoms with Crippen molar-refractivity contribution in [3.63, 3.8) is 0 Å². The van der Waals surface area contributed by atoms with Crippen LogP contribution in [0.5, 0.6) is 0 Å². The van der Waals surface area contributed by atoms with Crippen LogP contribution in [0.1, 0.15) is 46.0 Å². The molecule has 4 heterocycles. The molecule has 0 bridgehead atoms. The molecule has 1 aliphatic rings. The van der Waals surface area contributed by atoms with Crippen molar-refractivity contribution in [2.24, 2.45) is 0 Å². The second-order valence-corrected chi connectivity index (χ2v) is 9.91. The van der Waals surface area contributed by atoms with Crippen molar-refractivity contribution >= 4 is 23.0 Å². The lowest BCUT2D eigenvalue weighted by Gasteiger charge is -2.20. The Morgan fingerprint density at radius 3 is 2.77 bits per heavy atom.